The van der Waals surface area contributed by atoms with E-state index in [9.17, 15) is 9.59 Å². The molecule has 5 heteroatoms. The van der Waals surface area contributed by atoms with Gasteiger partial charge >= 0.3 is 5.97 Å². The highest BCUT2D eigenvalue weighted by Gasteiger charge is 2.34. The highest BCUT2D eigenvalue weighted by Crippen LogP contribution is 2.29. The van der Waals surface area contributed by atoms with E-state index in [0.717, 1.165) is 23.2 Å². The minimum atomic E-state index is -0.788. The van der Waals surface area contributed by atoms with Gasteiger partial charge in [-0.1, -0.05) is 55.5 Å². The molecule has 2 aromatic rings. The third-order valence-electron chi connectivity index (χ3n) is 4.64. The Morgan fingerprint density at radius 1 is 1.12 bits per heavy atom. The van der Waals surface area contributed by atoms with Crippen molar-refractivity contribution in [2.75, 3.05) is 11.4 Å². The van der Waals surface area contributed by atoms with Crippen molar-refractivity contribution >= 4 is 23.3 Å². The highest BCUT2D eigenvalue weighted by molar-refractivity contribution is 6.40. The summed E-state index contributed by atoms with van der Waals surface area (Å²) in [5.41, 5.74) is 2.56. The van der Waals surface area contributed by atoms with Gasteiger partial charge in [-0.25, -0.2) is 4.79 Å². The average Bonchev–Trinajstić information content (AvgIpc) is 3.11. The quantitative estimate of drug-likeness (QED) is 0.641. The fraction of sp³-hybridized carbons (Fsp3) is 0.286. The zero-order valence-electron chi connectivity index (χ0n) is 14.8. The van der Waals surface area contributed by atoms with E-state index in [2.05, 4.69) is 0 Å². The molecular formula is C21H22N2O3. The predicted molar refractivity (Wildman–Crippen MR) is 100 cm³/mol. The molecule has 0 fully saturated rings. The smallest absolute Gasteiger partial charge is 0.353 e. The van der Waals surface area contributed by atoms with Crippen LogP contribution in [-0.2, 0) is 27.4 Å². The standard InChI is InChI=1S/C21H22N2O3/c1-2-17(19(22)21(25)26-14-15-8-4-3-5-9-15)20(24)23-13-12-16-10-6-7-11-18(16)23/h3-11,17,22H,2,12-14H2,1H3/t17-/m0/s1. The van der Waals surface area contributed by atoms with Gasteiger partial charge in [0.05, 0.1) is 5.92 Å². The molecule has 134 valence electrons. The van der Waals surface area contributed by atoms with Crippen LogP contribution in [0.25, 0.3) is 0 Å². The number of anilines is 1. The molecule has 0 aromatic heterocycles. The van der Waals surface area contributed by atoms with Gasteiger partial charge in [-0.15, -0.1) is 0 Å². The molecule has 5 nitrogen and oxygen atoms in total. The summed E-state index contributed by atoms with van der Waals surface area (Å²) in [7, 11) is 0. The first-order chi connectivity index (χ1) is 12.6. The Morgan fingerprint density at radius 2 is 1.81 bits per heavy atom. The summed E-state index contributed by atoms with van der Waals surface area (Å²) < 4.78 is 5.22. The first kappa shape index (κ1) is 17.9. The molecule has 1 aliphatic rings. The number of carbonyl (C=O) groups excluding carboxylic acids is 2. The molecule has 0 radical (unpaired) electrons. The summed E-state index contributed by atoms with van der Waals surface area (Å²) >= 11 is 0. The Balaban J connectivity index is 1.67. The van der Waals surface area contributed by atoms with Crippen molar-refractivity contribution < 1.29 is 14.3 Å². The summed E-state index contributed by atoms with van der Waals surface area (Å²) in [6.07, 6.45) is 1.18. The third-order valence-corrected chi connectivity index (χ3v) is 4.64. The molecule has 1 N–H and O–H groups in total. The Labute approximate surface area is 153 Å². The van der Waals surface area contributed by atoms with E-state index in [1.807, 2.05) is 61.5 Å². The van der Waals surface area contributed by atoms with Gasteiger partial charge in [0.15, 0.2) is 0 Å². The molecule has 0 saturated heterocycles. The number of ether oxygens (including phenoxy) is 1. The van der Waals surface area contributed by atoms with E-state index in [1.165, 1.54) is 0 Å². The van der Waals surface area contributed by atoms with E-state index in [1.54, 1.807) is 4.90 Å². The molecule has 1 heterocycles. The number of hydrogen-bond acceptors (Lipinski definition) is 4. The minimum absolute atomic E-state index is 0.0965. The molecule has 26 heavy (non-hydrogen) atoms. The molecular weight excluding hydrogens is 328 g/mol. The number of fused-ring (bicyclic) bond motifs is 1. The monoisotopic (exact) mass is 350 g/mol. The van der Waals surface area contributed by atoms with Gasteiger partial charge in [0.1, 0.15) is 12.3 Å². The first-order valence-corrected chi connectivity index (χ1v) is 8.80. The maximum atomic E-state index is 12.9. The fourth-order valence-electron chi connectivity index (χ4n) is 3.20. The normalized spacial score (nSPS) is 13.8. The number of carbonyl (C=O) groups is 2. The lowest BCUT2D eigenvalue weighted by Gasteiger charge is -2.23. The van der Waals surface area contributed by atoms with Crippen LogP contribution in [0.4, 0.5) is 5.69 Å². The van der Waals surface area contributed by atoms with Crippen LogP contribution in [0, 0.1) is 11.3 Å². The molecule has 1 atom stereocenters. The van der Waals surface area contributed by atoms with Gasteiger partial charge in [0.2, 0.25) is 5.91 Å². The van der Waals surface area contributed by atoms with E-state index < -0.39 is 11.9 Å². The zero-order chi connectivity index (χ0) is 18.5. The lowest BCUT2D eigenvalue weighted by molar-refractivity contribution is -0.138. The SMILES string of the molecule is CC[C@@H](C(=N)C(=O)OCc1ccccc1)C(=O)N1CCc2ccccc21. The number of hydrogen-bond donors (Lipinski definition) is 1. The highest BCUT2D eigenvalue weighted by atomic mass is 16.5. The van der Waals surface area contributed by atoms with Gasteiger partial charge in [0, 0.05) is 12.2 Å². The predicted octanol–water partition coefficient (Wildman–Crippen LogP) is 3.37. The number of nitrogens with one attached hydrogen (secondary N) is 1. The van der Waals surface area contributed by atoms with Crippen LogP contribution in [-0.4, -0.2) is 24.1 Å². The topological polar surface area (TPSA) is 70.5 Å². The molecule has 0 aliphatic carbocycles. The van der Waals surface area contributed by atoms with Crippen LogP contribution >= 0.6 is 0 Å². The largest absolute Gasteiger partial charge is 0.456 e. The van der Waals surface area contributed by atoms with Gasteiger partial charge in [-0.05, 0) is 30.0 Å². The lowest BCUT2D eigenvalue weighted by Crippen LogP contribution is -2.40. The fourth-order valence-corrected chi connectivity index (χ4v) is 3.20. The number of benzene rings is 2. The number of amides is 1. The Hall–Kier alpha value is -2.95. The Morgan fingerprint density at radius 3 is 2.54 bits per heavy atom. The Kier molecular flexibility index (Phi) is 5.46. The van der Waals surface area contributed by atoms with E-state index >= 15 is 0 Å². The van der Waals surface area contributed by atoms with Gasteiger partial charge in [-0.2, -0.15) is 0 Å². The molecule has 1 amide bonds. The van der Waals surface area contributed by atoms with Crippen LogP contribution in [0.3, 0.4) is 0 Å². The van der Waals surface area contributed by atoms with Crippen molar-refractivity contribution in [3.63, 3.8) is 0 Å². The van der Waals surface area contributed by atoms with Crippen LogP contribution in [0.15, 0.2) is 54.6 Å². The molecule has 0 spiro atoms. The van der Waals surface area contributed by atoms with Crippen LogP contribution < -0.4 is 4.90 Å². The molecule has 0 bridgehead atoms. The molecule has 0 saturated carbocycles. The zero-order valence-corrected chi connectivity index (χ0v) is 14.8. The van der Waals surface area contributed by atoms with E-state index in [0.29, 0.717) is 13.0 Å². The molecule has 0 unspecified atom stereocenters. The maximum absolute atomic E-state index is 12.9. The van der Waals surface area contributed by atoms with Crippen molar-refractivity contribution in [3.8, 4) is 0 Å². The first-order valence-electron chi connectivity index (χ1n) is 8.80. The summed E-state index contributed by atoms with van der Waals surface area (Å²) in [6, 6.07) is 17.1. The number of para-hydroxylation sites is 1. The van der Waals surface area contributed by atoms with E-state index in [4.69, 9.17) is 10.1 Å². The van der Waals surface area contributed by atoms with Gasteiger partial charge in [0.25, 0.3) is 0 Å². The average molecular weight is 350 g/mol. The van der Waals surface area contributed by atoms with Crippen LogP contribution in [0.5, 0.6) is 0 Å². The van der Waals surface area contributed by atoms with Crippen molar-refractivity contribution in [1.82, 2.24) is 0 Å². The lowest BCUT2D eigenvalue weighted by atomic mass is 9.98. The van der Waals surface area contributed by atoms with Gasteiger partial charge in [-0.3, -0.25) is 10.2 Å². The van der Waals surface area contributed by atoms with Crippen LogP contribution in [0.2, 0.25) is 0 Å². The van der Waals surface area contributed by atoms with Crippen molar-refractivity contribution in [3.05, 3.63) is 65.7 Å². The molecule has 2 aromatic carbocycles. The summed E-state index contributed by atoms with van der Waals surface area (Å²) in [5.74, 6) is -1.73. The molecule has 3 rings (SSSR count). The van der Waals surface area contributed by atoms with Crippen molar-refractivity contribution in [2.24, 2.45) is 5.92 Å². The summed E-state index contributed by atoms with van der Waals surface area (Å²) in [5, 5.41) is 8.17. The second kappa shape index (κ2) is 7.95. The summed E-state index contributed by atoms with van der Waals surface area (Å²) in [6.45, 7) is 2.49. The second-order valence-corrected chi connectivity index (χ2v) is 6.30. The number of rotatable bonds is 6. The van der Waals surface area contributed by atoms with Crippen molar-refractivity contribution in [1.29, 1.82) is 5.41 Å². The molecule has 1 aliphatic heterocycles. The third kappa shape index (κ3) is 3.67. The van der Waals surface area contributed by atoms with E-state index in [-0.39, 0.29) is 18.2 Å². The second-order valence-electron chi connectivity index (χ2n) is 6.30. The van der Waals surface area contributed by atoms with Crippen molar-refractivity contribution in [2.45, 2.75) is 26.4 Å². The summed E-state index contributed by atoms with van der Waals surface area (Å²) in [4.78, 5) is 26.9. The number of esters is 1. The maximum Gasteiger partial charge on any atom is 0.353 e. The minimum Gasteiger partial charge on any atom is -0.456 e. The Bertz CT molecular complexity index is 817. The van der Waals surface area contributed by atoms with Crippen LogP contribution in [0.1, 0.15) is 24.5 Å². The number of nitrogens with zero attached hydrogens (tertiary/aromatic N) is 1. The van der Waals surface area contributed by atoms with Gasteiger partial charge < -0.3 is 9.64 Å².